The number of carbonyl (C=O) groups excluding carboxylic acids is 1. The minimum Gasteiger partial charge on any atom is -0.464 e. The molecule has 134 valence electrons. The fraction of sp³-hybridized carbons (Fsp3) is 0.190. The monoisotopic (exact) mass is 375 g/mol. The Hall–Kier alpha value is -2.99. The minimum atomic E-state index is -0.117. The number of rotatable bonds is 4. The number of anilines is 1. The molecule has 5 rings (SSSR count). The van der Waals surface area contributed by atoms with Gasteiger partial charge in [-0.2, -0.15) is 0 Å². The molecule has 0 unspecified atom stereocenters. The summed E-state index contributed by atoms with van der Waals surface area (Å²) in [5.41, 5.74) is 5.51. The van der Waals surface area contributed by atoms with E-state index in [0.29, 0.717) is 5.13 Å². The molecule has 0 saturated carbocycles. The Balaban J connectivity index is 1.33. The van der Waals surface area contributed by atoms with Crippen molar-refractivity contribution in [1.82, 2.24) is 10.2 Å². The van der Waals surface area contributed by atoms with Gasteiger partial charge in [-0.05, 0) is 42.5 Å². The van der Waals surface area contributed by atoms with Crippen LogP contribution in [0.1, 0.15) is 23.1 Å². The van der Waals surface area contributed by atoms with Gasteiger partial charge in [0.05, 0.1) is 12.7 Å². The Morgan fingerprint density at radius 3 is 2.78 bits per heavy atom. The fourth-order valence-electron chi connectivity index (χ4n) is 3.59. The summed E-state index contributed by atoms with van der Waals surface area (Å²) in [7, 11) is 0. The number of fused-ring (bicyclic) bond motifs is 2. The predicted octanol–water partition coefficient (Wildman–Crippen LogP) is 4.62. The van der Waals surface area contributed by atoms with Gasteiger partial charge in [0, 0.05) is 16.5 Å². The molecule has 1 aliphatic carbocycles. The lowest BCUT2D eigenvalue weighted by Crippen LogP contribution is -2.14. The number of furan rings is 1. The van der Waals surface area contributed by atoms with E-state index in [0.717, 1.165) is 39.9 Å². The van der Waals surface area contributed by atoms with E-state index >= 15 is 0 Å². The molecule has 1 amide bonds. The van der Waals surface area contributed by atoms with Gasteiger partial charge in [-0.1, -0.05) is 41.7 Å². The van der Waals surface area contributed by atoms with E-state index in [1.807, 2.05) is 30.3 Å². The molecule has 0 fully saturated rings. The Labute approximate surface area is 160 Å². The third kappa shape index (κ3) is 3.13. The first kappa shape index (κ1) is 16.2. The summed E-state index contributed by atoms with van der Waals surface area (Å²) in [4.78, 5) is 12.5. The molecule has 0 spiro atoms. The van der Waals surface area contributed by atoms with Crippen LogP contribution in [-0.4, -0.2) is 16.1 Å². The van der Waals surface area contributed by atoms with E-state index in [2.05, 4.69) is 27.6 Å². The van der Waals surface area contributed by atoms with Gasteiger partial charge < -0.3 is 9.73 Å². The van der Waals surface area contributed by atoms with Gasteiger partial charge >= 0.3 is 0 Å². The van der Waals surface area contributed by atoms with Gasteiger partial charge in [-0.25, -0.2) is 0 Å². The standard InChI is InChI=1S/C21H17N3O2S/c25-19(22-21-24-23-20(27-21)13-5-2-1-3-6-13)11-16-12-26-18-10-15-8-4-7-14(15)9-17(16)18/h1-3,5-6,9-10,12H,4,7-8,11H2,(H,22,24,25). The van der Waals surface area contributed by atoms with Crippen LogP contribution in [0.5, 0.6) is 0 Å². The molecule has 5 nitrogen and oxygen atoms in total. The molecule has 6 heteroatoms. The van der Waals surface area contributed by atoms with Crippen molar-refractivity contribution in [3.63, 3.8) is 0 Å². The summed E-state index contributed by atoms with van der Waals surface area (Å²) in [5, 5.41) is 13.4. The van der Waals surface area contributed by atoms with Crippen molar-refractivity contribution in [2.24, 2.45) is 0 Å². The molecular formula is C21H17N3O2S. The number of aryl methyl sites for hydroxylation is 2. The van der Waals surface area contributed by atoms with Crippen molar-refractivity contribution in [3.05, 3.63) is 65.4 Å². The third-order valence-corrected chi connectivity index (χ3v) is 5.80. The summed E-state index contributed by atoms with van der Waals surface area (Å²) in [6.45, 7) is 0. The molecule has 4 aromatic rings. The van der Waals surface area contributed by atoms with E-state index < -0.39 is 0 Å². The van der Waals surface area contributed by atoms with Crippen molar-refractivity contribution in [2.45, 2.75) is 25.7 Å². The van der Waals surface area contributed by atoms with E-state index in [1.165, 1.54) is 28.9 Å². The minimum absolute atomic E-state index is 0.117. The molecule has 0 radical (unpaired) electrons. The lowest BCUT2D eigenvalue weighted by atomic mass is 10.0. The largest absolute Gasteiger partial charge is 0.464 e. The van der Waals surface area contributed by atoms with Gasteiger partial charge in [0.2, 0.25) is 11.0 Å². The number of hydrogen-bond donors (Lipinski definition) is 1. The highest BCUT2D eigenvalue weighted by Crippen LogP contribution is 2.31. The van der Waals surface area contributed by atoms with Gasteiger partial charge in [0.25, 0.3) is 0 Å². The van der Waals surface area contributed by atoms with Crippen LogP contribution in [0.4, 0.5) is 5.13 Å². The van der Waals surface area contributed by atoms with Crippen molar-refractivity contribution in [2.75, 3.05) is 5.32 Å². The first-order valence-electron chi connectivity index (χ1n) is 8.97. The quantitative estimate of drug-likeness (QED) is 0.565. The zero-order valence-corrected chi connectivity index (χ0v) is 15.4. The molecule has 2 aromatic carbocycles. The lowest BCUT2D eigenvalue weighted by Gasteiger charge is -2.02. The molecule has 27 heavy (non-hydrogen) atoms. The zero-order valence-electron chi connectivity index (χ0n) is 14.6. The van der Waals surface area contributed by atoms with Gasteiger partial charge in [0.15, 0.2) is 0 Å². The molecule has 0 saturated heterocycles. The van der Waals surface area contributed by atoms with Gasteiger partial charge in [-0.3, -0.25) is 4.79 Å². The number of nitrogens with one attached hydrogen (secondary N) is 1. The van der Waals surface area contributed by atoms with Gasteiger partial charge in [-0.15, -0.1) is 10.2 Å². The Morgan fingerprint density at radius 1 is 1.11 bits per heavy atom. The second-order valence-corrected chi connectivity index (χ2v) is 7.71. The van der Waals surface area contributed by atoms with Crippen molar-refractivity contribution >= 4 is 33.3 Å². The average Bonchev–Trinajstić information content (AvgIpc) is 3.41. The summed E-state index contributed by atoms with van der Waals surface area (Å²) < 4.78 is 5.68. The molecule has 1 N–H and O–H groups in total. The molecule has 2 heterocycles. The molecule has 1 aliphatic rings. The normalized spacial score (nSPS) is 13.0. The van der Waals surface area contributed by atoms with Crippen LogP contribution < -0.4 is 5.32 Å². The van der Waals surface area contributed by atoms with Crippen LogP contribution in [0.3, 0.4) is 0 Å². The van der Waals surface area contributed by atoms with Crippen LogP contribution in [0.15, 0.2) is 53.1 Å². The number of amides is 1. The molecule has 0 atom stereocenters. The van der Waals surface area contributed by atoms with Crippen LogP contribution in [0.2, 0.25) is 0 Å². The average molecular weight is 375 g/mol. The number of aromatic nitrogens is 2. The number of benzene rings is 2. The van der Waals surface area contributed by atoms with Crippen LogP contribution in [0, 0.1) is 0 Å². The Kier molecular flexibility index (Phi) is 3.98. The predicted molar refractivity (Wildman–Crippen MR) is 106 cm³/mol. The maximum absolute atomic E-state index is 12.5. The highest BCUT2D eigenvalue weighted by molar-refractivity contribution is 7.18. The molecular weight excluding hydrogens is 358 g/mol. The first-order chi connectivity index (χ1) is 13.3. The second kappa shape index (κ2) is 6.63. The first-order valence-corrected chi connectivity index (χ1v) is 9.78. The summed E-state index contributed by atoms with van der Waals surface area (Å²) in [6.07, 6.45) is 5.36. The maximum atomic E-state index is 12.5. The smallest absolute Gasteiger partial charge is 0.230 e. The fourth-order valence-corrected chi connectivity index (χ4v) is 4.36. The van der Waals surface area contributed by atoms with E-state index in [9.17, 15) is 4.79 Å². The highest BCUT2D eigenvalue weighted by Gasteiger charge is 2.17. The van der Waals surface area contributed by atoms with Crippen molar-refractivity contribution in [3.8, 4) is 10.6 Å². The number of hydrogen-bond acceptors (Lipinski definition) is 5. The van der Waals surface area contributed by atoms with Crippen molar-refractivity contribution < 1.29 is 9.21 Å². The second-order valence-electron chi connectivity index (χ2n) is 6.73. The van der Waals surface area contributed by atoms with Crippen LogP contribution in [0.25, 0.3) is 21.5 Å². The van der Waals surface area contributed by atoms with Crippen molar-refractivity contribution in [1.29, 1.82) is 0 Å². The topological polar surface area (TPSA) is 68.0 Å². The maximum Gasteiger partial charge on any atom is 0.230 e. The number of carbonyl (C=O) groups is 1. The van der Waals surface area contributed by atoms with Crippen LogP contribution >= 0.6 is 11.3 Å². The SMILES string of the molecule is O=C(Cc1coc2cc3c(cc12)CCC3)Nc1nnc(-c2ccccc2)s1. The summed E-state index contributed by atoms with van der Waals surface area (Å²) in [6, 6.07) is 14.1. The van der Waals surface area contributed by atoms with Crippen LogP contribution in [-0.2, 0) is 24.1 Å². The lowest BCUT2D eigenvalue weighted by molar-refractivity contribution is -0.115. The van der Waals surface area contributed by atoms with E-state index in [-0.39, 0.29) is 12.3 Å². The Morgan fingerprint density at radius 2 is 1.93 bits per heavy atom. The van der Waals surface area contributed by atoms with Gasteiger partial charge in [0.1, 0.15) is 10.6 Å². The highest BCUT2D eigenvalue weighted by atomic mass is 32.1. The number of nitrogens with zero attached hydrogens (tertiary/aromatic N) is 2. The zero-order chi connectivity index (χ0) is 18.2. The summed E-state index contributed by atoms with van der Waals surface area (Å²) >= 11 is 1.37. The van der Waals surface area contributed by atoms with E-state index in [1.54, 1.807) is 6.26 Å². The molecule has 0 bridgehead atoms. The third-order valence-electron chi connectivity index (χ3n) is 4.91. The Bertz CT molecular complexity index is 1130. The molecule has 2 aromatic heterocycles. The van der Waals surface area contributed by atoms with E-state index in [4.69, 9.17) is 4.42 Å². The summed E-state index contributed by atoms with van der Waals surface area (Å²) in [5.74, 6) is -0.117. The molecule has 0 aliphatic heterocycles.